The number of rotatable bonds is 3. The van der Waals surface area contributed by atoms with Crippen LogP contribution in [0, 0.1) is 0 Å². The summed E-state index contributed by atoms with van der Waals surface area (Å²) in [5.41, 5.74) is 1.20. The van der Waals surface area contributed by atoms with Crippen LogP contribution >= 0.6 is 0 Å². The van der Waals surface area contributed by atoms with Crippen LogP contribution in [-0.4, -0.2) is 54.0 Å². The molecule has 3 rings (SSSR count). The average molecular weight is 281 g/mol. The molecule has 2 atom stereocenters. The van der Waals surface area contributed by atoms with Gasteiger partial charge in [0, 0.05) is 44.1 Å². The van der Waals surface area contributed by atoms with Gasteiger partial charge >= 0.3 is 0 Å². The van der Waals surface area contributed by atoms with Crippen molar-refractivity contribution >= 4 is 10.0 Å². The van der Waals surface area contributed by atoms with Crippen LogP contribution in [0.15, 0.2) is 24.5 Å². The first kappa shape index (κ1) is 13.0. The number of aromatic nitrogens is 1. The van der Waals surface area contributed by atoms with Gasteiger partial charge in [0.2, 0.25) is 10.0 Å². The minimum Gasteiger partial charge on any atom is -0.294 e. The number of pyridine rings is 1. The van der Waals surface area contributed by atoms with Crippen molar-refractivity contribution in [2.24, 2.45) is 0 Å². The van der Waals surface area contributed by atoms with Gasteiger partial charge in [-0.3, -0.25) is 9.88 Å². The van der Waals surface area contributed by atoms with E-state index in [1.807, 2.05) is 12.3 Å². The van der Waals surface area contributed by atoms with Gasteiger partial charge in [0.25, 0.3) is 0 Å². The zero-order valence-corrected chi connectivity index (χ0v) is 11.9. The third-order valence-electron chi connectivity index (χ3n) is 4.17. The summed E-state index contributed by atoms with van der Waals surface area (Å²) in [6.07, 6.45) is 6.86. The lowest BCUT2D eigenvalue weighted by Crippen LogP contribution is -2.38. The zero-order chi connectivity index (χ0) is 13.5. The molecule has 2 aliphatic heterocycles. The SMILES string of the molecule is CS(=O)(=O)N1CC[C@@H]2[C@@H]1CCN2Cc1cccnc1. The van der Waals surface area contributed by atoms with Crippen molar-refractivity contribution in [3.8, 4) is 0 Å². The van der Waals surface area contributed by atoms with E-state index in [0.717, 1.165) is 25.9 Å². The minimum absolute atomic E-state index is 0.173. The highest BCUT2D eigenvalue weighted by molar-refractivity contribution is 7.88. The molecule has 0 aromatic carbocycles. The Labute approximate surface area is 114 Å². The van der Waals surface area contributed by atoms with E-state index in [0.29, 0.717) is 12.6 Å². The summed E-state index contributed by atoms with van der Waals surface area (Å²) in [4.78, 5) is 6.53. The van der Waals surface area contributed by atoms with Crippen molar-refractivity contribution in [2.45, 2.75) is 31.5 Å². The van der Waals surface area contributed by atoms with Gasteiger partial charge in [-0.05, 0) is 24.5 Å². The van der Waals surface area contributed by atoms with Crippen LogP contribution in [0.1, 0.15) is 18.4 Å². The number of nitrogens with zero attached hydrogens (tertiary/aromatic N) is 3. The van der Waals surface area contributed by atoms with Crippen LogP contribution in [0.5, 0.6) is 0 Å². The Morgan fingerprint density at radius 3 is 2.79 bits per heavy atom. The Morgan fingerprint density at radius 1 is 1.32 bits per heavy atom. The Hall–Kier alpha value is -0.980. The Balaban J connectivity index is 1.72. The fourth-order valence-corrected chi connectivity index (χ4v) is 4.54. The Bertz CT molecular complexity index is 546. The highest BCUT2D eigenvalue weighted by Crippen LogP contribution is 2.33. The first-order valence-corrected chi connectivity index (χ1v) is 8.50. The second-order valence-electron chi connectivity index (χ2n) is 5.42. The number of likely N-dealkylation sites (tertiary alicyclic amines) is 1. The summed E-state index contributed by atoms with van der Waals surface area (Å²) in [5, 5.41) is 0. The van der Waals surface area contributed by atoms with Crippen molar-refractivity contribution in [1.29, 1.82) is 0 Å². The van der Waals surface area contributed by atoms with Gasteiger partial charge in [-0.25, -0.2) is 8.42 Å². The largest absolute Gasteiger partial charge is 0.294 e. The van der Waals surface area contributed by atoms with Gasteiger partial charge in [-0.2, -0.15) is 4.31 Å². The van der Waals surface area contributed by atoms with Crippen LogP contribution in [0.4, 0.5) is 0 Å². The molecule has 0 unspecified atom stereocenters. The Kier molecular flexibility index (Phi) is 3.32. The molecule has 0 spiro atoms. The minimum atomic E-state index is -3.06. The summed E-state index contributed by atoms with van der Waals surface area (Å²) in [6, 6.07) is 4.56. The molecule has 0 N–H and O–H groups in total. The van der Waals surface area contributed by atoms with E-state index in [4.69, 9.17) is 0 Å². The lowest BCUT2D eigenvalue weighted by molar-refractivity contribution is 0.240. The molecule has 5 nitrogen and oxygen atoms in total. The maximum Gasteiger partial charge on any atom is 0.211 e. The molecule has 0 radical (unpaired) electrons. The third kappa shape index (κ3) is 2.52. The molecule has 0 saturated carbocycles. The lowest BCUT2D eigenvalue weighted by Gasteiger charge is -2.24. The maximum absolute atomic E-state index is 11.7. The number of fused-ring (bicyclic) bond motifs is 1. The summed E-state index contributed by atoms with van der Waals surface area (Å²) in [5.74, 6) is 0. The van der Waals surface area contributed by atoms with E-state index in [9.17, 15) is 8.42 Å². The standard InChI is InChI=1S/C13H19N3O2S/c1-19(17,18)16-8-5-12-13(16)4-7-15(12)10-11-3-2-6-14-9-11/h2-3,6,9,12-13H,4-5,7-8,10H2,1H3/t12-,13+/m1/s1. The van der Waals surface area contributed by atoms with E-state index in [1.165, 1.54) is 11.8 Å². The van der Waals surface area contributed by atoms with Crippen LogP contribution in [0.3, 0.4) is 0 Å². The van der Waals surface area contributed by atoms with Crippen LogP contribution in [0.25, 0.3) is 0 Å². The molecule has 2 fully saturated rings. The molecule has 2 aliphatic rings. The van der Waals surface area contributed by atoms with Crippen LogP contribution in [0.2, 0.25) is 0 Å². The van der Waals surface area contributed by atoms with Crippen molar-refractivity contribution in [2.75, 3.05) is 19.3 Å². The molecule has 1 aromatic rings. The summed E-state index contributed by atoms with van der Waals surface area (Å²) >= 11 is 0. The van der Waals surface area contributed by atoms with E-state index >= 15 is 0 Å². The van der Waals surface area contributed by atoms with Gasteiger partial charge in [0.05, 0.1) is 6.26 Å². The van der Waals surface area contributed by atoms with Crippen molar-refractivity contribution in [3.05, 3.63) is 30.1 Å². The molecule has 0 aliphatic carbocycles. The van der Waals surface area contributed by atoms with Crippen LogP contribution in [-0.2, 0) is 16.6 Å². The summed E-state index contributed by atoms with van der Waals surface area (Å²) in [6.45, 7) is 2.50. The lowest BCUT2D eigenvalue weighted by atomic mass is 10.1. The molecular formula is C13H19N3O2S. The van der Waals surface area contributed by atoms with Gasteiger partial charge in [0.1, 0.15) is 0 Å². The van der Waals surface area contributed by atoms with Crippen molar-refractivity contribution in [3.63, 3.8) is 0 Å². The topological polar surface area (TPSA) is 53.5 Å². The predicted molar refractivity (Wildman–Crippen MR) is 73.0 cm³/mol. The maximum atomic E-state index is 11.7. The van der Waals surface area contributed by atoms with E-state index in [2.05, 4.69) is 16.0 Å². The third-order valence-corrected chi connectivity index (χ3v) is 5.48. The second-order valence-corrected chi connectivity index (χ2v) is 7.35. The smallest absolute Gasteiger partial charge is 0.211 e. The fraction of sp³-hybridized carbons (Fsp3) is 0.615. The quantitative estimate of drug-likeness (QED) is 0.818. The molecule has 0 amide bonds. The molecule has 104 valence electrons. The molecule has 2 saturated heterocycles. The number of hydrogen-bond donors (Lipinski definition) is 0. The molecule has 0 bridgehead atoms. The Morgan fingerprint density at radius 2 is 2.11 bits per heavy atom. The molecule has 1 aromatic heterocycles. The second kappa shape index (κ2) is 4.85. The summed E-state index contributed by atoms with van der Waals surface area (Å²) < 4.78 is 25.2. The number of hydrogen-bond acceptors (Lipinski definition) is 4. The zero-order valence-electron chi connectivity index (χ0n) is 11.1. The van der Waals surface area contributed by atoms with Crippen LogP contribution < -0.4 is 0 Å². The first-order valence-electron chi connectivity index (χ1n) is 6.65. The highest BCUT2D eigenvalue weighted by Gasteiger charge is 2.45. The van der Waals surface area contributed by atoms with E-state index in [-0.39, 0.29) is 6.04 Å². The number of sulfonamides is 1. The monoisotopic (exact) mass is 281 g/mol. The summed E-state index contributed by atoms with van der Waals surface area (Å²) in [7, 11) is -3.06. The van der Waals surface area contributed by atoms with Crippen molar-refractivity contribution < 1.29 is 8.42 Å². The highest BCUT2D eigenvalue weighted by atomic mass is 32.2. The van der Waals surface area contributed by atoms with Gasteiger partial charge in [-0.1, -0.05) is 6.07 Å². The molecular weight excluding hydrogens is 262 g/mol. The molecule has 3 heterocycles. The van der Waals surface area contributed by atoms with Gasteiger partial charge < -0.3 is 0 Å². The van der Waals surface area contributed by atoms with Crippen molar-refractivity contribution in [1.82, 2.24) is 14.2 Å². The molecule has 19 heavy (non-hydrogen) atoms. The van der Waals surface area contributed by atoms with Gasteiger partial charge in [-0.15, -0.1) is 0 Å². The molecule has 6 heteroatoms. The predicted octanol–water partition coefficient (Wildman–Crippen LogP) is 0.690. The van der Waals surface area contributed by atoms with E-state index < -0.39 is 10.0 Å². The van der Waals surface area contributed by atoms with Gasteiger partial charge in [0.15, 0.2) is 0 Å². The fourth-order valence-electron chi connectivity index (χ4n) is 3.37. The normalized spacial score (nSPS) is 28.7. The average Bonchev–Trinajstić information content (AvgIpc) is 2.92. The van der Waals surface area contributed by atoms with E-state index in [1.54, 1.807) is 10.5 Å². The first-order chi connectivity index (χ1) is 9.05.